The molecule has 0 bridgehead atoms. The van der Waals surface area contributed by atoms with Gasteiger partial charge in [0.2, 0.25) is 5.91 Å². The van der Waals surface area contributed by atoms with E-state index >= 15 is 0 Å². The first-order valence-electron chi connectivity index (χ1n) is 7.36. The van der Waals surface area contributed by atoms with Crippen LogP contribution in [0.1, 0.15) is 12.0 Å². The van der Waals surface area contributed by atoms with E-state index in [1.165, 1.54) is 0 Å². The molecule has 3 N–H and O–H groups in total. The maximum atomic E-state index is 11.9. The van der Waals surface area contributed by atoms with Crippen LogP contribution in [-0.4, -0.2) is 18.5 Å². The summed E-state index contributed by atoms with van der Waals surface area (Å²) < 4.78 is 5.50. The lowest BCUT2D eigenvalue weighted by Gasteiger charge is -2.11. The van der Waals surface area contributed by atoms with Gasteiger partial charge >= 0.3 is 6.03 Å². The first-order chi connectivity index (χ1) is 11.2. The minimum Gasteiger partial charge on any atom is -0.491 e. The first-order valence-corrected chi connectivity index (χ1v) is 7.36. The number of carbonyl (C=O) groups is 2. The van der Waals surface area contributed by atoms with Crippen LogP contribution in [0.2, 0.25) is 0 Å². The van der Waals surface area contributed by atoms with E-state index in [0.717, 1.165) is 11.3 Å². The normalized spacial score (nSPS) is 13.1. The van der Waals surface area contributed by atoms with Crippen molar-refractivity contribution in [3.05, 3.63) is 54.1 Å². The lowest BCUT2D eigenvalue weighted by atomic mass is 10.2. The van der Waals surface area contributed by atoms with Crippen LogP contribution in [0, 0.1) is 0 Å². The summed E-state index contributed by atoms with van der Waals surface area (Å²) in [6.07, 6.45) is 0.335. The molecule has 0 saturated carbocycles. The Bertz CT molecular complexity index is 716. The maximum absolute atomic E-state index is 11.9. The quantitative estimate of drug-likeness (QED) is 0.815. The van der Waals surface area contributed by atoms with E-state index in [0.29, 0.717) is 31.0 Å². The molecule has 0 saturated heterocycles. The summed E-state index contributed by atoms with van der Waals surface area (Å²) in [4.78, 5) is 23.4. The van der Waals surface area contributed by atoms with E-state index in [9.17, 15) is 9.59 Å². The van der Waals surface area contributed by atoms with E-state index in [2.05, 4.69) is 16.0 Å². The van der Waals surface area contributed by atoms with Gasteiger partial charge in [0.05, 0.1) is 18.7 Å². The molecular weight excluding hydrogens is 294 g/mol. The molecule has 3 rings (SSSR count). The number of anilines is 2. The number of para-hydroxylation sites is 1. The first kappa shape index (κ1) is 14.9. The maximum Gasteiger partial charge on any atom is 0.319 e. The molecule has 1 aliphatic heterocycles. The number of fused-ring (bicyclic) bond motifs is 1. The fourth-order valence-corrected chi connectivity index (χ4v) is 2.26. The second-order valence-electron chi connectivity index (χ2n) is 5.15. The van der Waals surface area contributed by atoms with Crippen molar-refractivity contribution >= 4 is 23.3 Å². The highest BCUT2D eigenvalue weighted by Gasteiger charge is 2.14. The minimum atomic E-state index is -0.286. The van der Waals surface area contributed by atoms with Crippen LogP contribution in [0.4, 0.5) is 16.2 Å². The number of benzene rings is 2. The Labute approximate surface area is 133 Å². The van der Waals surface area contributed by atoms with E-state index in [1.807, 2.05) is 36.4 Å². The Kier molecular flexibility index (Phi) is 4.42. The topological polar surface area (TPSA) is 79.5 Å². The van der Waals surface area contributed by atoms with Gasteiger partial charge in [-0.15, -0.1) is 0 Å². The third-order valence-electron chi connectivity index (χ3n) is 3.39. The average molecular weight is 311 g/mol. The zero-order chi connectivity index (χ0) is 16.1. The second-order valence-corrected chi connectivity index (χ2v) is 5.15. The monoisotopic (exact) mass is 311 g/mol. The zero-order valence-electron chi connectivity index (χ0n) is 12.5. The molecule has 0 atom stereocenters. The summed E-state index contributed by atoms with van der Waals surface area (Å²) in [7, 11) is 0. The van der Waals surface area contributed by atoms with E-state index in [4.69, 9.17) is 4.74 Å². The van der Waals surface area contributed by atoms with E-state index in [-0.39, 0.29) is 11.9 Å². The summed E-state index contributed by atoms with van der Waals surface area (Å²) >= 11 is 0. The van der Waals surface area contributed by atoms with Crippen molar-refractivity contribution in [1.82, 2.24) is 5.32 Å². The molecule has 0 spiro atoms. The SMILES string of the molecule is O=C1CCOc2ccc(CNC(=O)Nc3ccccc3)cc2N1. The molecule has 3 amide bonds. The number of ether oxygens (including phenoxy) is 1. The van der Waals surface area contributed by atoms with E-state index < -0.39 is 0 Å². The van der Waals surface area contributed by atoms with Crippen LogP contribution in [-0.2, 0) is 11.3 Å². The number of urea groups is 1. The number of amides is 3. The van der Waals surface area contributed by atoms with Gasteiger partial charge < -0.3 is 20.7 Å². The van der Waals surface area contributed by atoms with Crippen molar-refractivity contribution in [2.45, 2.75) is 13.0 Å². The van der Waals surface area contributed by atoms with Crippen LogP contribution < -0.4 is 20.7 Å². The van der Waals surface area contributed by atoms with Gasteiger partial charge in [-0.3, -0.25) is 4.79 Å². The largest absolute Gasteiger partial charge is 0.491 e. The number of nitrogens with one attached hydrogen (secondary N) is 3. The lowest BCUT2D eigenvalue weighted by Crippen LogP contribution is -2.28. The highest BCUT2D eigenvalue weighted by molar-refractivity contribution is 5.93. The second kappa shape index (κ2) is 6.83. The molecule has 1 aliphatic rings. The van der Waals surface area contributed by atoms with Gasteiger partial charge in [-0.1, -0.05) is 24.3 Å². The molecule has 0 aromatic heterocycles. The molecule has 0 fully saturated rings. The van der Waals surface area contributed by atoms with Crippen LogP contribution in [0.15, 0.2) is 48.5 Å². The van der Waals surface area contributed by atoms with Crippen molar-refractivity contribution in [2.24, 2.45) is 0 Å². The molecule has 2 aromatic rings. The third kappa shape index (κ3) is 4.00. The molecule has 118 valence electrons. The molecule has 1 heterocycles. The van der Waals surface area contributed by atoms with Crippen molar-refractivity contribution in [3.63, 3.8) is 0 Å². The number of carbonyl (C=O) groups excluding carboxylic acids is 2. The molecule has 2 aromatic carbocycles. The zero-order valence-corrected chi connectivity index (χ0v) is 12.5. The lowest BCUT2D eigenvalue weighted by molar-refractivity contribution is -0.116. The number of rotatable bonds is 3. The van der Waals surface area contributed by atoms with Gasteiger partial charge in [0.25, 0.3) is 0 Å². The summed E-state index contributed by atoms with van der Waals surface area (Å²) in [5.74, 6) is 0.573. The predicted octanol–water partition coefficient (Wildman–Crippen LogP) is 2.73. The predicted molar refractivity (Wildman–Crippen MR) is 87.5 cm³/mol. The van der Waals surface area contributed by atoms with Gasteiger partial charge in [0, 0.05) is 12.2 Å². The fourth-order valence-electron chi connectivity index (χ4n) is 2.26. The van der Waals surface area contributed by atoms with Gasteiger partial charge in [-0.2, -0.15) is 0 Å². The molecular formula is C17H17N3O3. The van der Waals surface area contributed by atoms with E-state index in [1.54, 1.807) is 12.1 Å². The summed E-state index contributed by atoms with van der Waals surface area (Å²) in [5, 5.41) is 8.32. The standard InChI is InChI=1S/C17H17N3O3/c21-16-8-9-23-15-7-6-12(10-14(15)20-16)11-18-17(22)19-13-4-2-1-3-5-13/h1-7,10H,8-9,11H2,(H,20,21)(H2,18,19,22). The Hall–Kier alpha value is -3.02. The smallest absolute Gasteiger partial charge is 0.319 e. The molecule has 6 nitrogen and oxygen atoms in total. The fraction of sp³-hybridized carbons (Fsp3) is 0.176. The van der Waals surface area contributed by atoms with Gasteiger partial charge in [0.1, 0.15) is 5.75 Å². The van der Waals surface area contributed by atoms with Crippen molar-refractivity contribution in [1.29, 1.82) is 0 Å². The Balaban J connectivity index is 1.60. The van der Waals surface area contributed by atoms with Gasteiger partial charge in [0.15, 0.2) is 0 Å². The number of hydrogen-bond donors (Lipinski definition) is 3. The van der Waals surface area contributed by atoms with Gasteiger partial charge in [-0.25, -0.2) is 4.79 Å². The van der Waals surface area contributed by atoms with Crippen molar-refractivity contribution in [2.75, 3.05) is 17.2 Å². The third-order valence-corrected chi connectivity index (χ3v) is 3.39. The van der Waals surface area contributed by atoms with Crippen molar-refractivity contribution in [3.8, 4) is 5.75 Å². The van der Waals surface area contributed by atoms with Crippen LogP contribution in [0.25, 0.3) is 0 Å². The molecule has 0 unspecified atom stereocenters. The molecule has 0 aliphatic carbocycles. The van der Waals surface area contributed by atoms with Crippen LogP contribution in [0.3, 0.4) is 0 Å². The molecule has 23 heavy (non-hydrogen) atoms. The number of hydrogen-bond acceptors (Lipinski definition) is 3. The van der Waals surface area contributed by atoms with Gasteiger partial charge in [-0.05, 0) is 29.8 Å². The van der Waals surface area contributed by atoms with Crippen LogP contribution >= 0.6 is 0 Å². The molecule has 0 radical (unpaired) electrons. The highest BCUT2D eigenvalue weighted by Crippen LogP contribution is 2.28. The Morgan fingerprint density at radius 3 is 2.83 bits per heavy atom. The Morgan fingerprint density at radius 2 is 2.00 bits per heavy atom. The Morgan fingerprint density at radius 1 is 1.17 bits per heavy atom. The minimum absolute atomic E-state index is 0.0734. The van der Waals surface area contributed by atoms with Crippen LogP contribution in [0.5, 0.6) is 5.75 Å². The van der Waals surface area contributed by atoms with Crippen molar-refractivity contribution < 1.29 is 14.3 Å². The summed E-state index contributed by atoms with van der Waals surface area (Å²) in [6.45, 7) is 0.720. The molecule has 6 heteroatoms. The average Bonchev–Trinajstić information content (AvgIpc) is 2.74. The highest BCUT2D eigenvalue weighted by atomic mass is 16.5. The summed E-state index contributed by atoms with van der Waals surface area (Å²) in [5.41, 5.74) is 2.24. The summed E-state index contributed by atoms with van der Waals surface area (Å²) in [6, 6.07) is 14.4.